The highest BCUT2D eigenvalue weighted by Gasteiger charge is 2.33. The molecule has 0 radical (unpaired) electrons. The normalized spacial score (nSPS) is 15.9. The van der Waals surface area contributed by atoms with Crippen LogP contribution in [0.3, 0.4) is 0 Å². The number of anilines is 1. The molecule has 52 heavy (non-hydrogen) atoms. The number of aliphatic hydroxyl groups excluding tert-OH is 1. The van der Waals surface area contributed by atoms with Gasteiger partial charge in [0.15, 0.2) is 0 Å². The molecule has 276 valence electrons. The molecule has 10 nitrogen and oxygen atoms in total. The van der Waals surface area contributed by atoms with E-state index in [1.165, 1.54) is 43.4 Å². The highest BCUT2D eigenvalue weighted by Crippen LogP contribution is 2.34. The van der Waals surface area contributed by atoms with Crippen molar-refractivity contribution in [3.05, 3.63) is 131 Å². The number of likely N-dealkylation sites (tertiary alicyclic amines) is 1. The summed E-state index contributed by atoms with van der Waals surface area (Å²) in [7, 11) is -2.44. The number of ether oxygens (including phenoxy) is 1. The van der Waals surface area contributed by atoms with Gasteiger partial charge in [-0.1, -0.05) is 72.8 Å². The van der Waals surface area contributed by atoms with Crippen molar-refractivity contribution in [1.82, 2.24) is 15.5 Å². The maximum Gasteiger partial charge on any atom is 0.573 e. The molecule has 0 spiro atoms. The molecule has 4 aromatic carbocycles. The maximum absolute atomic E-state index is 14.0. The number of aliphatic hydroxyl groups is 1. The van der Waals surface area contributed by atoms with Crippen molar-refractivity contribution in [3.8, 4) is 5.75 Å². The summed E-state index contributed by atoms with van der Waals surface area (Å²) in [5.74, 6) is -1.36. The lowest BCUT2D eigenvalue weighted by Crippen LogP contribution is -2.48. The minimum Gasteiger partial charge on any atom is -0.406 e. The number of nitrogens with one attached hydrogen (secondary N) is 2. The molecule has 0 aromatic heterocycles. The van der Waals surface area contributed by atoms with E-state index in [0.717, 1.165) is 34.5 Å². The average Bonchev–Trinajstić information content (AvgIpc) is 3.60. The van der Waals surface area contributed by atoms with Crippen molar-refractivity contribution >= 4 is 27.5 Å². The third-order valence-corrected chi connectivity index (χ3v) is 10.1. The molecule has 1 aliphatic heterocycles. The van der Waals surface area contributed by atoms with Crippen LogP contribution in [0.5, 0.6) is 5.75 Å². The summed E-state index contributed by atoms with van der Waals surface area (Å²) in [4.78, 5) is 29.7. The van der Waals surface area contributed by atoms with Gasteiger partial charge in [-0.2, -0.15) is 0 Å². The van der Waals surface area contributed by atoms with E-state index in [-0.39, 0.29) is 54.0 Å². The molecule has 3 atom stereocenters. The van der Waals surface area contributed by atoms with Gasteiger partial charge in [0.2, 0.25) is 10.0 Å². The first-order valence-corrected chi connectivity index (χ1v) is 18.6. The fraction of sp³-hybridized carbons (Fsp3) is 0.316. The van der Waals surface area contributed by atoms with E-state index in [0.29, 0.717) is 12.1 Å². The Labute approximate surface area is 301 Å². The van der Waals surface area contributed by atoms with Crippen molar-refractivity contribution in [2.24, 2.45) is 0 Å². The smallest absolute Gasteiger partial charge is 0.406 e. The van der Waals surface area contributed by atoms with Crippen LogP contribution >= 0.6 is 0 Å². The van der Waals surface area contributed by atoms with Crippen LogP contribution in [0.25, 0.3) is 0 Å². The summed E-state index contributed by atoms with van der Waals surface area (Å²) in [5.41, 5.74) is 2.54. The molecule has 1 fully saturated rings. The third-order valence-electron chi connectivity index (χ3n) is 8.88. The summed E-state index contributed by atoms with van der Waals surface area (Å²) in [6.45, 7) is 0.548. The molecule has 1 heterocycles. The first kappa shape index (κ1) is 38.3. The van der Waals surface area contributed by atoms with Gasteiger partial charge in [0.1, 0.15) is 5.75 Å². The molecule has 0 aliphatic carbocycles. The predicted octanol–water partition coefficient (Wildman–Crippen LogP) is 5.45. The fourth-order valence-corrected chi connectivity index (χ4v) is 6.69. The topological polar surface area (TPSA) is 128 Å². The zero-order chi connectivity index (χ0) is 37.5. The predicted molar refractivity (Wildman–Crippen MR) is 191 cm³/mol. The molecular weight excluding hydrogens is 698 g/mol. The third kappa shape index (κ3) is 10.3. The second kappa shape index (κ2) is 16.6. The van der Waals surface area contributed by atoms with E-state index in [1.807, 2.05) is 60.7 Å². The van der Waals surface area contributed by atoms with E-state index >= 15 is 0 Å². The number of benzene rings is 4. The lowest BCUT2D eigenvalue weighted by Gasteiger charge is -2.27. The van der Waals surface area contributed by atoms with Gasteiger partial charge in [0.05, 0.1) is 30.1 Å². The SMILES string of the molecule is CN(c1cc(C(=O)N[C@@H](Cc2ccccc2)[C@H](O)CNCc2cccc(OC(F)(F)F)c2)cc(C(=O)N2CCCC2c2ccccc2)c1)S(C)(=O)=O. The van der Waals surface area contributed by atoms with Gasteiger partial charge in [-0.05, 0) is 66.3 Å². The van der Waals surface area contributed by atoms with Crippen LogP contribution in [-0.2, 0) is 23.0 Å². The first-order chi connectivity index (χ1) is 24.7. The Bertz CT molecular complexity index is 1950. The summed E-state index contributed by atoms with van der Waals surface area (Å²) in [6, 6.07) is 27.4. The molecule has 0 saturated carbocycles. The Hall–Kier alpha value is -4.92. The van der Waals surface area contributed by atoms with Crippen LogP contribution in [-0.4, -0.2) is 75.1 Å². The minimum absolute atomic E-state index is 0.0199. The van der Waals surface area contributed by atoms with Gasteiger partial charge < -0.3 is 25.4 Å². The van der Waals surface area contributed by atoms with Gasteiger partial charge in [-0.15, -0.1) is 13.2 Å². The summed E-state index contributed by atoms with van der Waals surface area (Å²) < 4.78 is 68.2. The van der Waals surface area contributed by atoms with Crippen LogP contribution in [0, 0.1) is 0 Å². The van der Waals surface area contributed by atoms with Gasteiger partial charge in [-0.25, -0.2) is 8.42 Å². The molecule has 1 saturated heterocycles. The van der Waals surface area contributed by atoms with Crippen molar-refractivity contribution in [2.75, 3.05) is 30.7 Å². The van der Waals surface area contributed by atoms with Crippen LogP contribution < -0.4 is 19.7 Å². The molecule has 0 bridgehead atoms. The standard InChI is InChI=1S/C38H41F3N4O6S/c1-44(52(2,49)50)31-22-29(21-30(23-31)37(48)45-18-10-17-34(45)28-14-7-4-8-15-28)36(47)43-33(20-26-11-5-3-6-12-26)35(46)25-42-24-27-13-9-16-32(19-27)51-38(39,40)41/h3-9,11-16,19,21-23,33-35,42,46H,10,17-18,20,24-25H2,1-2H3,(H,43,47)/t33-,34?,35+/m0/s1. The van der Waals surface area contributed by atoms with Gasteiger partial charge in [-0.3, -0.25) is 13.9 Å². The van der Waals surface area contributed by atoms with Crippen LogP contribution in [0.15, 0.2) is 103 Å². The average molecular weight is 739 g/mol. The largest absolute Gasteiger partial charge is 0.573 e. The number of rotatable bonds is 14. The van der Waals surface area contributed by atoms with Crippen LogP contribution in [0.2, 0.25) is 0 Å². The Kier molecular flexibility index (Phi) is 12.2. The summed E-state index contributed by atoms with van der Waals surface area (Å²) >= 11 is 0. The molecule has 14 heteroatoms. The molecular formula is C38H41F3N4O6S. The zero-order valence-electron chi connectivity index (χ0n) is 28.7. The van der Waals surface area contributed by atoms with Crippen molar-refractivity contribution in [1.29, 1.82) is 0 Å². The van der Waals surface area contributed by atoms with E-state index < -0.39 is 34.4 Å². The lowest BCUT2D eigenvalue weighted by atomic mass is 9.99. The van der Waals surface area contributed by atoms with E-state index in [4.69, 9.17) is 0 Å². The molecule has 1 aliphatic rings. The Morgan fingerprint density at radius 1 is 0.942 bits per heavy atom. The second-order valence-corrected chi connectivity index (χ2v) is 14.7. The summed E-state index contributed by atoms with van der Waals surface area (Å²) in [5, 5.41) is 17.2. The number of carbonyl (C=O) groups is 2. The van der Waals surface area contributed by atoms with Gasteiger partial charge in [0.25, 0.3) is 11.8 Å². The first-order valence-electron chi connectivity index (χ1n) is 16.7. The maximum atomic E-state index is 14.0. The number of amides is 2. The lowest BCUT2D eigenvalue weighted by molar-refractivity contribution is -0.274. The van der Waals surface area contributed by atoms with Gasteiger partial charge >= 0.3 is 6.36 Å². The highest BCUT2D eigenvalue weighted by atomic mass is 32.2. The summed E-state index contributed by atoms with van der Waals surface area (Å²) in [6.07, 6.45) is -3.24. The van der Waals surface area contributed by atoms with Crippen LogP contribution in [0.4, 0.5) is 18.9 Å². The van der Waals surface area contributed by atoms with E-state index in [9.17, 15) is 36.3 Å². The van der Waals surface area contributed by atoms with E-state index in [2.05, 4.69) is 15.4 Å². The number of hydrogen-bond acceptors (Lipinski definition) is 7. The quantitative estimate of drug-likeness (QED) is 0.157. The highest BCUT2D eigenvalue weighted by molar-refractivity contribution is 7.92. The minimum atomic E-state index is -4.84. The van der Waals surface area contributed by atoms with Crippen molar-refractivity contribution < 1.29 is 41.0 Å². The number of carbonyl (C=O) groups excluding carboxylic acids is 2. The number of nitrogens with zero attached hydrogens (tertiary/aromatic N) is 2. The molecule has 5 rings (SSSR count). The Morgan fingerprint density at radius 2 is 1.60 bits per heavy atom. The van der Waals surface area contributed by atoms with Gasteiger partial charge in [0, 0.05) is 37.8 Å². The number of sulfonamides is 1. The second-order valence-electron chi connectivity index (χ2n) is 12.7. The fourth-order valence-electron chi connectivity index (χ4n) is 6.20. The van der Waals surface area contributed by atoms with Crippen LogP contribution in [0.1, 0.15) is 56.3 Å². The Morgan fingerprint density at radius 3 is 2.27 bits per heavy atom. The zero-order valence-corrected chi connectivity index (χ0v) is 29.5. The van der Waals surface area contributed by atoms with E-state index in [1.54, 1.807) is 11.0 Å². The number of halogens is 3. The van der Waals surface area contributed by atoms with Crippen molar-refractivity contribution in [2.45, 2.75) is 50.4 Å². The molecule has 2 amide bonds. The molecule has 1 unspecified atom stereocenters. The molecule has 4 aromatic rings. The monoisotopic (exact) mass is 738 g/mol. The van der Waals surface area contributed by atoms with Crippen molar-refractivity contribution in [3.63, 3.8) is 0 Å². The number of alkyl halides is 3. The molecule has 3 N–H and O–H groups in total. The number of hydrogen-bond donors (Lipinski definition) is 3. The Balaban J connectivity index is 1.38.